The SMILES string of the molecule is CC(C)[C@H](N)C(=O)NCC(=O)NC(C)(C)CCc1ccccc1. The van der Waals surface area contributed by atoms with E-state index >= 15 is 0 Å². The van der Waals surface area contributed by atoms with Crippen LogP contribution in [-0.4, -0.2) is 29.9 Å². The van der Waals surface area contributed by atoms with E-state index in [9.17, 15) is 9.59 Å². The number of carbonyl (C=O) groups is 2. The minimum absolute atomic E-state index is 0.0420. The smallest absolute Gasteiger partial charge is 0.239 e. The Hall–Kier alpha value is -1.88. The van der Waals surface area contributed by atoms with E-state index in [-0.39, 0.29) is 29.8 Å². The molecular formula is C18H29N3O2. The van der Waals surface area contributed by atoms with E-state index in [4.69, 9.17) is 5.73 Å². The van der Waals surface area contributed by atoms with E-state index in [1.165, 1.54) is 5.56 Å². The summed E-state index contributed by atoms with van der Waals surface area (Å²) in [6, 6.07) is 9.56. The topological polar surface area (TPSA) is 84.2 Å². The first-order chi connectivity index (χ1) is 10.7. The summed E-state index contributed by atoms with van der Waals surface area (Å²) in [4.78, 5) is 23.7. The molecule has 1 rings (SSSR count). The lowest BCUT2D eigenvalue weighted by molar-refractivity contribution is -0.128. The van der Waals surface area contributed by atoms with Gasteiger partial charge in [-0.25, -0.2) is 0 Å². The molecule has 5 nitrogen and oxygen atoms in total. The lowest BCUT2D eigenvalue weighted by atomic mass is 9.95. The van der Waals surface area contributed by atoms with Gasteiger partial charge in [0, 0.05) is 5.54 Å². The summed E-state index contributed by atoms with van der Waals surface area (Å²) < 4.78 is 0. The van der Waals surface area contributed by atoms with Crippen molar-refractivity contribution in [1.82, 2.24) is 10.6 Å². The molecule has 0 radical (unpaired) electrons. The van der Waals surface area contributed by atoms with Crippen LogP contribution in [0.5, 0.6) is 0 Å². The summed E-state index contributed by atoms with van der Waals surface area (Å²) in [5.74, 6) is -0.454. The van der Waals surface area contributed by atoms with Crippen LogP contribution in [0.4, 0.5) is 0 Å². The Morgan fingerprint density at radius 1 is 1.17 bits per heavy atom. The average Bonchev–Trinajstić information content (AvgIpc) is 2.50. The summed E-state index contributed by atoms with van der Waals surface area (Å²) in [5, 5.41) is 5.54. The molecule has 0 saturated carbocycles. The van der Waals surface area contributed by atoms with E-state index in [0.717, 1.165) is 12.8 Å². The van der Waals surface area contributed by atoms with Crippen LogP contribution < -0.4 is 16.4 Å². The van der Waals surface area contributed by atoms with Crippen LogP contribution in [0, 0.1) is 5.92 Å². The first-order valence-corrected chi connectivity index (χ1v) is 8.09. The second-order valence-electron chi connectivity index (χ2n) is 6.91. The van der Waals surface area contributed by atoms with Crippen LogP contribution in [0.1, 0.15) is 39.7 Å². The molecule has 2 amide bonds. The second-order valence-corrected chi connectivity index (χ2v) is 6.91. The summed E-state index contributed by atoms with van der Waals surface area (Å²) in [6.45, 7) is 7.66. The quantitative estimate of drug-likeness (QED) is 0.680. The number of benzene rings is 1. The molecule has 1 aromatic carbocycles. The predicted octanol–water partition coefficient (Wildman–Crippen LogP) is 1.61. The van der Waals surface area contributed by atoms with Gasteiger partial charge >= 0.3 is 0 Å². The molecule has 0 heterocycles. The van der Waals surface area contributed by atoms with Crippen molar-refractivity contribution < 1.29 is 9.59 Å². The van der Waals surface area contributed by atoms with Crippen molar-refractivity contribution in [2.24, 2.45) is 11.7 Å². The third-order valence-electron chi connectivity index (χ3n) is 3.80. The van der Waals surface area contributed by atoms with Gasteiger partial charge in [0.2, 0.25) is 11.8 Å². The Morgan fingerprint density at radius 3 is 2.35 bits per heavy atom. The molecule has 0 spiro atoms. The number of carbonyl (C=O) groups excluding carboxylic acids is 2. The van der Waals surface area contributed by atoms with Gasteiger partial charge in [0.15, 0.2) is 0 Å². The van der Waals surface area contributed by atoms with Gasteiger partial charge in [-0.2, -0.15) is 0 Å². The molecule has 4 N–H and O–H groups in total. The molecule has 23 heavy (non-hydrogen) atoms. The fourth-order valence-electron chi connectivity index (χ4n) is 2.17. The minimum Gasteiger partial charge on any atom is -0.350 e. The number of aryl methyl sites for hydroxylation is 1. The zero-order valence-corrected chi connectivity index (χ0v) is 14.6. The lowest BCUT2D eigenvalue weighted by Gasteiger charge is -2.26. The predicted molar refractivity (Wildman–Crippen MR) is 92.8 cm³/mol. The highest BCUT2D eigenvalue weighted by molar-refractivity contribution is 5.87. The maximum Gasteiger partial charge on any atom is 0.239 e. The van der Waals surface area contributed by atoms with Gasteiger partial charge in [-0.3, -0.25) is 9.59 Å². The van der Waals surface area contributed by atoms with Gasteiger partial charge in [0.1, 0.15) is 0 Å². The van der Waals surface area contributed by atoms with Crippen LogP contribution in [0.2, 0.25) is 0 Å². The molecule has 0 bridgehead atoms. The lowest BCUT2D eigenvalue weighted by Crippen LogP contribution is -2.51. The fourth-order valence-corrected chi connectivity index (χ4v) is 2.17. The van der Waals surface area contributed by atoms with Crippen LogP contribution >= 0.6 is 0 Å². The van der Waals surface area contributed by atoms with Gasteiger partial charge in [-0.15, -0.1) is 0 Å². The Morgan fingerprint density at radius 2 is 1.78 bits per heavy atom. The molecule has 1 aromatic rings. The van der Waals surface area contributed by atoms with Crippen molar-refractivity contribution in [2.45, 2.75) is 52.1 Å². The van der Waals surface area contributed by atoms with Crippen LogP contribution in [-0.2, 0) is 16.0 Å². The van der Waals surface area contributed by atoms with Gasteiger partial charge in [0.05, 0.1) is 12.6 Å². The van der Waals surface area contributed by atoms with Crippen molar-refractivity contribution in [2.75, 3.05) is 6.54 Å². The third-order valence-corrected chi connectivity index (χ3v) is 3.80. The number of hydrogen-bond donors (Lipinski definition) is 3. The van der Waals surface area contributed by atoms with Crippen molar-refractivity contribution >= 4 is 11.8 Å². The fraction of sp³-hybridized carbons (Fsp3) is 0.556. The van der Waals surface area contributed by atoms with Gasteiger partial charge in [-0.05, 0) is 38.2 Å². The van der Waals surface area contributed by atoms with E-state index in [1.54, 1.807) is 0 Å². The first kappa shape index (κ1) is 19.2. The van der Waals surface area contributed by atoms with Gasteiger partial charge in [0.25, 0.3) is 0 Å². The van der Waals surface area contributed by atoms with Crippen LogP contribution in [0.25, 0.3) is 0 Å². The van der Waals surface area contributed by atoms with E-state index < -0.39 is 6.04 Å². The Bertz CT molecular complexity index is 512. The van der Waals surface area contributed by atoms with Crippen molar-refractivity contribution in [1.29, 1.82) is 0 Å². The summed E-state index contributed by atoms with van der Waals surface area (Å²) in [7, 11) is 0. The zero-order valence-electron chi connectivity index (χ0n) is 14.6. The van der Waals surface area contributed by atoms with E-state index in [2.05, 4.69) is 22.8 Å². The standard InChI is InChI=1S/C18H29N3O2/c1-13(2)16(19)17(23)20-12-15(22)21-18(3,4)11-10-14-8-6-5-7-9-14/h5-9,13,16H,10-12,19H2,1-4H3,(H,20,23)(H,21,22)/t16-/m0/s1. The molecule has 0 aliphatic carbocycles. The number of hydrogen-bond acceptors (Lipinski definition) is 3. The zero-order chi connectivity index (χ0) is 17.5. The first-order valence-electron chi connectivity index (χ1n) is 8.09. The van der Waals surface area contributed by atoms with Crippen LogP contribution in [0.3, 0.4) is 0 Å². The molecule has 5 heteroatoms. The molecule has 0 aliphatic rings. The average molecular weight is 319 g/mol. The molecule has 0 saturated heterocycles. The van der Waals surface area contributed by atoms with Crippen molar-refractivity contribution in [3.05, 3.63) is 35.9 Å². The largest absolute Gasteiger partial charge is 0.350 e. The summed E-state index contributed by atoms with van der Waals surface area (Å²) in [5.41, 5.74) is 6.65. The molecule has 0 fully saturated rings. The van der Waals surface area contributed by atoms with Crippen LogP contribution in [0.15, 0.2) is 30.3 Å². The summed E-state index contributed by atoms with van der Waals surface area (Å²) >= 11 is 0. The number of amides is 2. The molecule has 1 atom stereocenters. The summed E-state index contributed by atoms with van der Waals surface area (Å²) in [6.07, 6.45) is 1.71. The Balaban J connectivity index is 2.38. The monoisotopic (exact) mass is 319 g/mol. The molecule has 128 valence electrons. The van der Waals surface area contributed by atoms with Crippen molar-refractivity contribution in [3.63, 3.8) is 0 Å². The number of rotatable bonds is 8. The highest BCUT2D eigenvalue weighted by Crippen LogP contribution is 2.13. The highest BCUT2D eigenvalue weighted by Gasteiger charge is 2.22. The maximum atomic E-state index is 12.0. The Kier molecular flexibility index (Phi) is 7.23. The van der Waals surface area contributed by atoms with Crippen molar-refractivity contribution in [3.8, 4) is 0 Å². The number of nitrogens with one attached hydrogen (secondary N) is 2. The molecule has 0 aromatic heterocycles. The maximum absolute atomic E-state index is 12.0. The Labute approximate surface area is 139 Å². The molecular weight excluding hydrogens is 290 g/mol. The third kappa shape index (κ3) is 7.28. The number of nitrogens with two attached hydrogens (primary N) is 1. The van der Waals surface area contributed by atoms with E-state index in [0.29, 0.717) is 0 Å². The normalized spacial score (nSPS) is 12.8. The van der Waals surface area contributed by atoms with E-state index in [1.807, 2.05) is 45.9 Å². The second kappa shape index (κ2) is 8.67. The van der Waals surface area contributed by atoms with Gasteiger partial charge in [-0.1, -0.05) is 44.2 Å². The van der Waals surface area contributed by atoms with Gasteiger partial charge < -0.3 is 16.4 Å². The minimum atomic E-state index is -0.589. The molecule has 0 unspecified atom stereocenters. The molecule has 0 aliphatic heterocycles. The highest BCUT2D eigenvalue weighted by atomic mass is 16.2.